The highest BCUT2D eigenvalue weighted by atomic mass is 16.6. The molecule has 1 N–H and O–H groups in total. The molecule has 0 spiro atoms. The van der Waals surface area contributed by atoms with Crippen LogP contribution in [0, 0.1) is 5.92 Å². The highest BCUT2D eigenvalue weighted by molar-refractivity contribution is 4.95. The molecule has 2 heteroatoms. The topological polar surface area (TPSA) is 32.8 Å². The van der Waals surface area contributed by atoms with E-state index in [2.05, 4.69) is 0 Å². The Balaban J connectivity index is 2.09. The van der Waals surface area contributed by atoms with Gasteiger partial charge in [-0.3, -0.25) is 0 Å². The third kappa shape index (κ3) is 0.565. The molecule has 3 atom stereocenters. The highest BCUT2D eigenvalue weighted by Crippen LogP contribution is 2.41. The summed E-state index contributed by atoms with van der Waals surface area (Å²) in [5, 5.41) is 8.71. The zero-order valence-electron chi connectivity index (χ0n) is 6.55. The number of hydrogen-bond donors (Lipinski definition) is 1. The Morgan fingerprint density at radius 2 is 2.25 bits per heavy atom. The summed E-state index contributed by atoms with van der Waals surface area (Å²) in [6.45, 7) is 0.0879. The van der Waals surface area contributed by atoms with Gasteiger partial charge in [0.15, 0.2) is 0 Å². The van der Waals surface area contributed by atoms with E-state index in [-0.39, 0.29) is 12.5 Å². The quantitative estimate of drug-likeness (QED) is 0.495. The van der Waals surface area contributed by atoms with Gasteiger partial charge in [0.05, 0.1) is 14.9 Å². The minimum Gasteiger partial charge on any atom is -0.396 e. The van der Waals surface area contributed by atoms with Crippen LogP contribution in [0.5, 0.6) is 0 Å². The first-order valence-corrected chi connectivity index (χ1v) is 2.91. The Kier molecular flexibility index (Phi) is 0.578. The minimum atomic E-state index is -0.972. The molecule has 1 aliphatic heterocycles. The van der Waals surface area contributed by atoms with Crippen LogP contribution >= 0.6 is 0 Å². The van der Waals surface area contributed by atoms with E-state index in [1.807, 2.05) is 0 Å². The number of hydrogen-bond acceptors (Lipinski definition) is 2. The second kappa shape index (κ2) is 1.45. The number of aliphatic hydroxyl groups excluding tert-OH is 1. The molecule has 0 radical (unpaired) electrons. The molecular weight excluding hydrogens is 104 g/mol. The van der Waals surface area contributed by atoms with Gasteiger partial charge in [0.1, 0.15) is 0 Å². The summed E-state index contributed by atoms with van der Waals surface area (Å²) in [6, 6.07) is 0. The molecule has 0 aromatic heterocycles. The van der Waals surface area contributed by atoms with E-state index in [9.17, 15) is 0 Å². The molecule has 0 aromatic rings. The SMILES string of the molecule is [2H][C@@]12CC(CO)C[C@]1([2H])O2. The molecule has 1 unspecified atom stereocenters. The Labute approximate surface area is 51.3 Å². The summed E-state index contributed by atoms with van der Waals surface area (Å²) >= 11 is 0. The zero-order valence-corrected chi connectivity index (χ0v) is 4.55. The van der Waals surface area contributed by atoms with E-state index < -0.39 is 12.2 Å². The molecular formula is C6H10O2. The Morgan fingerprint density at radius 1 is 1.62 bits per heavy atom. The number of rotatable bonds is 1. The molecule has 2 nitrogen and oxygen atoms in total. The van der Waals surface area contributed by atoms with Gasteiger partial charge in [-0.05, 0) is 18.8 Å². The van der Waals surface area contributed by atoms with Gasteiger partial charge in [-0.25, -0.2) is 0 Å². The van der Waals surface area contributed by atoms with E-state index in [0.29, 0.717) is 12.8 Å². The molecule has 2 aliphatic rings. The average Bonchev–Trinajstić information content (AvgIpc) is 2.24. The van der Waals surface area contributed by atoms with Crippen molar-refractivity contribution in [2.45, 2.75) is 25.0 Å². The van der Waals surface area contributed by atoms with E-state index >= 15 is 0 Å². The lowest BCUT2D eigenvalue weighted by atomic mass is 10.1. The summed E-state index contributed by atoms with van der Waals surface area (Å²) in [4.78, 5) is 0. The number of fused-ring (bicyclic) bond motifs is 1. The van der Waals surface area contributed by atoms with Crippen molar-refractivity contribution in [2.75, 3.05) is 6.61 Å². The Morgan fingerprint density at radius 3 is 2.62 bits per heavy atom. The van der Waals surface area contributed by atoms with Gasteiger partial charge in [-0.2, -0.15) is 0 Å². The summed E-state index contributed by atoms with van der Waals surface area (Å²) < 4.78 is 19.8. The number of aliphatic hydroxyl groups is 1. The predicted octanol–water partition coefficient (Wildman–Crippen LogP) is 0.156. The van der Waals surface area contributed by atoms with Gasteiger partial charge in [0.25, 0.3) is 0 Å². The van der Waals surface area contributed by atoms with Crippen LogP contribution < -0.4 is 0 Å². The Hall–Kier alpha value is -0.0800. The first kappa shape index (κ1) is 3.18. The first-order chi connectivity index (χ1) is 4.60. The fraction of sp³-hybridized carbons (Fsp3) is 1.00. The van der Waals surface area contributed by atoms with E-state index in [1.54, 1.807) is 0 Å². The van der Waals surface area contributed by atoms with Crippen LogP contribution in [0.4, 0.5) is 0 Å². The fourth-order valence-electron chi connectivity index (χ4n) is 1.16. The number of epoxide rings is 1. The smallest absolute Gasteiger partial charge is 0.0845 e. The van der Waals surface area contributed by atoms with Crippen molar-refractivity contribution in [3.63, 3.8) is 0 Å². The molecule has 0 bridgehead atoms. The standard InChI is InChI=1S/C6H10O2/c7-3-4-1-5-6(2-4)8-5/h4-7H,1-3H2/t4?,5-,6+/i5D,6D. The maximum atomic E-state index is 8.71. The second-order valence-electron chi connectivity index (χ2n) is 2.41. The van der Waals surface area contributed by atoms with E-state index in [4.69, 9.17) is 12.6 Å². The normalized spacial score (nSPS) is 73.4. The van der Waals surface area contributed by atoms with Crippen molar-refractivity contribution < 1.29 is 12.6 Å². The van der Waals surface area contributed by atoms with Crippen molar-refractivity contribution in [1.29, 1.82) is 0 Å². The van der Waals surface area contributed by atoms with Gasteiger partial charge in [0, 0.05) is 6.61 Å². The van der Waals surface area contributed by atoms with Gasteiger partial charge in [-0.15, -0.1) is 0 Å². The molecule has 1 aliphatic carbocycles. The molecule has 2 rings (SSSR count). The summed E-state index contributed by atoms with van der Waals surface area (Å²) in [5.41, 5.74) is 0. The molecule has 1 saturated heterocycles. The predicted molar refractivity (Wildman–Crippen MR) is 28.5 cm³/mol. The van der Waals surface area contributed by atoms with Crippen LogP contribution in [0.2, 0.25) is 0 Å². The van der Waals surface area contributed by atoms with Crippen molar-refractivity contribution in [1.82, 2.24) is 0 Å². The zero-order chi connectivity index (χ0) is 7.41. The van der Waals surface area contributed by atoms with Gasteiger partial charge >= 0.3 is 0 Å². The molecule has 1 heterocycles. The van der Waals surface area contributed by atoms with Crippen molar-refractivity contribution in [3.05, 3.63) is 0 Å². The highest BCUT2D eigenvalue weighted by Gasteiger charge is 2.47. The monoisotopic (exact) mass is 116 g/mol. The van der Waals surface area contributed by atoms with Crippen molar-refractivity contribution >= 4 is 0 Å². The minimum absolute atomic E-state index is 0.0879. The summed E-state index contributed by atoms with van der Waals surface area (Å²) in [5.74, 6) is 0.115. The largest absolute Gasteiger partial charge is 0.396 e. The van der Waals surface area contributed by atoms with Crippen LogP contribution in [0.3, 0.4) is 0 Å². The third-order valence-electron chi connectivity index (χ3n) is 1.72. The molecule has 0 aromatic carbocycles. The molecule has 8 heavy (non-hydrogen) atoms. The fourth-order valence-corrected chi connectivity index (χ4v) is 1.16. The molecule has 46 valence electrons. The summed E-state index contributed by atoms with van der Waals surface area (Å²) in [7, 11) is 0. The molecule has 1 saturated carbocycles. The molecule has 2 fully saturated rings. The van der Waals surface area contributed by atoms with Gasteiger partial charge in [0.2, 0.25) is 0 Å². The second-order valence-corrected chi connectivity index (χ2v) is 2.41. The maximum absolute atomic E-state index is 8.71. The van der Waals surface area contributed by atoms with Crippen LogP contribution in [-0.4, -0.2) is 23.9 Å². The average molecular weight is 116 g/mol. The van der Waals surface area contributed by atoms with Crippen LogP contribution in [0.15, 0.2) is 0 Å². The molecule has 0 amide bonds. The van der Waals surface area contributed by atoms with E-state index in [1.165, 1.54) is 0 Å². The van der Waals surface area contributed by atoms with Crippen LogP contribution in [-0.2, 0) is 4.74 Å². The van der Waals surface area contributed by atoms with Crippen LogP contribution in [0.25, 0.3) is 0 Å². The van der Waals surface area contributed by atoms with E-state index in [0.717, 1.165) is 0 Å². The lowest BCUT2D eigenvalue weighted by molar-refractivity contribution is 0.181. The summed E-state index contributed by atoms with van der Waals surface area (Å²) in [6.07, 6.45) is -0.902. The Bertz CT molecular complexity index is 159. The van der Waals surface area contributed by atoms with Crippen LogP contribution in [0.1, 0.15) is 15.6 Å². The maximum Gasteiger partial charge on any atom is 0.0845 e. The lowest BCUT2D eigenvalue weighted by Gasteiger charge is -2.03. The van der Waals surface area contributed by atoms with Gasteiger partial charge in [-0.1, -0.05) is 0 Å². The lowest BCUT2D eigenvalue weighted by Crippen LogP contribution is -2.03. The van der Waals surface area contributed by atoms with Gasteiger partial charge < -0.3 is 9.84 Å². The first-order valence-electron chi connectivity index (χ1n) is 3.91. The third-order valence-corrected chi connectivity index (χ3v) is 1.72. The van der Waals surface area contributed by atoms with Crippen molar-refractivity contribution in [3.8, 4) is 0 Å². The number of ether oxygens (including phenoxy) is 1. The van der Waals surface area contributed by atoms with Crippen molar-refractivity contribution in [2.24, 2.45) is 5.92 Å².